The van der Waals surface area contributed by atoms with Crippen LogP contribution in [-0.2, 0) is 16.4 Å². The van der Waals surface area contributed by atoms with Crippen molar-refractivity contribution in [3.8, 4) is 0 Å². The lowest BCUT2D eigenvalue weighted by atomic mass is 10.2. The van der Waals surface area contributed by atoms with E-state index in [-0.39, 0.29) is 0 Å². The van der Waals surface area contributed by atoms with Crippen LogP contribution in [0.2, 0.25) is 0 Å². The summed E-state index contributed by atoms with van der Waals surface area (Å²) in [7, 11) is -3.55. The molecule has 19 heavy (non-hydrogen) atoms. The lowest BCUT2D eigenvalue weighted by Gasteiger charge is -2.09. The summed E-state index contributed by atoms with van der Waals surface area (Å²) in [5, 5.41) is 0. The molecule has 2 aromatic rings. The van der Waals surface area contributed by atoms with E-state index in [0.717, 1.165) is 16.9 Å². The molecule has 0 aliphatic rings. The van der Waals surface area contributed by atoms with Gasteiger partial charge in [-0.05, 0) is 43.2 Å². The van der Waals surface area contributed by atoms with Gasteiger partial charge in [0.1, 0.15) is 4.21 Å². The number of rotatable bonds is 4. The second-order valence-corrected chi connectivity index (χ2v) is 7.35. The van der Waals surface area contributed by atoms with Gasteiger partial charge in [-0.3, -0.25) is 4.72 Å². The summed E-state index contributed by atoms with van der Waals surface area (Å²) in [6.07, 6.45) is 0.826. The Morgan fingerprint density at radius 2 is 2.00 bits per heavy atom. The lowest BCUT2D eigenvalue weighted by Crippen LogP contribution is -2.12. The summed E-state index contributed by atoms with van der Waals surface area (Å²) < 4.78 is 27.3. The molecule has 0 fully saturated rings. The Balaban J connectivity index is 2.30. The van der Waals surface area contributed by atoms with Crippen molar-refractivity contribution in [2.75, 3.05) is 10.5 Å². The molecule has 0 bridgehead atoms. The molecule has 0 saturated heterocycles. The molecule has 0 aliphatic heterocycles. The number of benzene rings is 1. The molecule has 6 heteroatoms. The SMILES string of the molecule is CCc1ccc(S(=O)(=O)Nc2ccc(C)cc2N)s1. The first-order valence-electron chi connectivity index (χ1n) is 5.90. The molecule has 1 aromatic carbocycles. The number of anilines is 2. The quantitative estimate of drug-likeness (QED) is 0.852. The van der Waals surface area contributed by atoms with Crippen molar-refractivity contribution in [3.63, 3.8) is 0 Å². The fraction of sp³-hybridized carbons (Fsp3) is 0.231. The number of hydrogen-bond acceptors (Lipinski definition) is 4. The minimum Gasteiger partial charge on any atom is -0.397 e. The van der Waals surface area contributed by atoms with Gasteiger partial charge < -0.3 is 5.73 Å². The van der Waals surface area contributed by atoms with Crippen molar-refractivity contribution in [2.24, 2.45) is 0 Å². The van der Waals surface area contributed by atoms with Crippen LogP contribution in [-0.4, -0.2) is 8.42 Å². The van der Waals surface area contributed by atoms with Crippen LogP contribution in [0.15, 0.2) is 34.5 Å². The van der Waals surface area contributed by atoms with Crippen LogP contribution >= 0.6 is 11.3 Å². The van der Waals surface area contributed by atoms with Gasteiger partial charge in [0.25, 0.3) is 10.0 Å². The summed E-state index contributed by atoms with van der Waals surface area (Å²) in [4.78, 5) is 1.04. The van der Waals surface area contributed by atoms with Gasteiger partial charge in [0.2, 0.25) is 0 Å². The maximum absolute atomic E-state index is 12.2. The third-order valence-electron chi connectivity index (χ3n) is 2.70. The Hall–Kier alpha value is -1.53. The Morgan fingerprint density at radius 1 is 1.26 bits per heavy atom. The summed E-state index contributed by atoms with van der Waals surface area (Å²) in [6, 6.07) is 8.69. The van der Waals surface area contributed by atoms with Gasteiger partial charge in [-0.25, -0.2) is 8.42 Å². The van der Waals surface area contributed by atoms with Crippen molar-refractivity contribution >= 4 is 32.7 Å². The number of aryl methyl sites for hydroxylation is 2. The van der Waals surface area contributed by atoms with Crippen molar-refractivity contribution in [1.82, 2.24) is 0 Å². The maximum Gasteiger partial charge on any atom is 0.271 e. The van der Waals surface area contributed by atoms with E-state index in [2.05, 4.69) is 4.72 Å². The molecule has 0 amide bonds. The molecule has 1 aromatic heterocycles. The first-order chi connectivity index (χ1) is 8.92. The van der Waals surface area contributed by atoms with Gasteiger partial charge in [0, 0.05) is 4.88 Å². The molecule has 1 heterocycles. The Kier molecular flexibility index (Phi) is 3.82. The number of sulfonamides is 1. The van der Waals surface area contributed by atoms with Crippen molar-refractivity contribution in [1.29, 1.82) is 0 Å². The Morgan fingerprint density at radius 3 is 2.58 bits per heavy atom. The highest BCUT2D eigenvalue weighted by Gasteiger charge is 2.17. The van der Waals surface area contributed by atoms with Crippen molar-refractivity contribution in [2.45, 2.75) is 24.5 Å². The number of thiophene rings is 1. The van der Waals surface area contributed by atoms with Crippen LogP contribution in [0.4, 0.5) is 11.4 Å². The minimum atomic E-state index is -3.55. The predicted octanol–water partition coefficient (Wildman–Crippen LogP) is 3.00. The molecule has 3 N–H and O–H groups in total. The van der Waals surface area contributed by atoms with Crippen LogP contribution in [0, 0.1) is 6.92 Å². The van der Waals surface area contributed by atoms with Crippen LogP contribution in [0.5, 0.6) is 0 Å². The predicted molar refractivity (Wildman–Crippen MR) is 80.1 cm³/mol. The molecule has 0 radical (unpaired) electrons. The average Bonchev–Trinajstić information content (AvgIpc) is 2.82. The summed E-state index contributed by atoms with van der Waals surface area (Å²) in [6.45, 7) is 3.90. The molecular formula is C13H16N2O2S2. The van der Waals surface area contributed by atoms with E-state index in [1.807, 2.05) is 26.0 Å². The molecule has 0 atom stereocenters. The average molecular weight is 296 g/mol. The van der Waals surface area contributed by atoms with E-state index in [1.54, 1.807) is 18.2 Å². The van der Waals surface area contributed by atoms with Crippen LogP contribution < -0.4 is 10.5 Å². The summed E-state index contributed by atoms with van der Waals surface area (Å²) >= 11 is 1.28. The lowest BCUT2D eigenvalue weighted by molar-refractivity contribution is 0.603. The minimum absolute atomic E-state index is 0.310. The molecule has 0 unspecified atom stereocenters. The smallest absolute Gasteiger partial charge is 0.271 e. The second kappa shape index (κ2) is 5.22. The second-order valence-electron chi connectivity index (χ2n) is 4.27. The standard InChI is InChI=1S/C13H16N2O2S2/c1-3-10-5-7-13(18-10)19(16,17)15-12-6-4-9(2)8-11(12)14/h4-8,15H,3,14H2,1-2H3. The molecule has 2 rings (SSSR count). The van der Waals surface area contributed by atoms with Crippen LogP contribution in [0.1, 0.15) is 17.4 Å². The number of nitrogen functional groups attached to an aromatic ring is 1. The van der Waals surface area contributed by atoms with E-state index >= 15 is 0 Å². The highest BCUT2D eigenvalue weighted by Crippen LogP contribution is 2.27. The molecule has 102 valence electrons. The summed E-state index contributed by atoms with van der Waals surface area (Å²) in [5.41, 5.74) is 7.65. The topological polar surface area (TPSA) is 72.2 Å². The highest BCUT2D eigenvalue weighted by atomic mass is 32.2. The van der Waals surface area contributed by atoms with Gasteiger partial charge >= 0.3 is 0 Å². The third kappa shape index (κ3) is 3.08. The van der Waals surface area contributed by atoms with E-state index in [1.165, 1.54) is 11.3 Å². The van der Waals surface area contributed by atoms with E-state index in [4.69, 9.17) is 5.73 Å². The Labute approximate surface area is 117 Å². The fourth-order valence-corrected chi connectivity index (χ4v) is 4.05. The van der Waals surface area contributed by atoms with Gasteiger partial charge in [-0.15, -0.1) is 11.3 Å². The first-order valence-corrected chi connectivity index (χ1v) is 8.20. The van der Waals surface area contributed by atoms with Crippen molar-refractivity contribution < 1.29 is 8.42 Å². The van der Waals surface area contributed by atoms with Gasteiger partial charge in [-0.1, -0.05) is 13.0 Å². The molecular weight excluding hydrogens is 280 g/mol. The zero-order chi connectivity index (χ0) is 14.0. The largest absolute Gasteiger partial charge is 0.397 e. The number of nitrogens with two attached hydrogens (primary N) is 1. The summed E-state index contributed by atoms with van der Waals surface area (Å²) in [5.74, 6) is 0. The normalized spacial score (nSPS) is 11.5. The van der Waals surface area contributed by atoms with E-state index < -0.39 is 10.0 Å². The number of hydrogen-bond donors (Lipinski definition) is 2. The maximum atomic E-state index is 12.2. The zero-order valence-electron chi connectivity index (χ0n) is 10.8. The molecule has 4 nitrogen and oxygen atoms in total. The van der Waals surface area contributed by atoms with Gasteiger partial charge in [0.15, 0.2) is 0 Å². The molecule has 0 spiro atoms. The molecule has 0 saturated carbocycles. The fourth-order valence-electron chi connectivity index (χ4n) is 1.66. The zero-order valence-corrected chi connectivity index (χ0v) is 12.4. The van der Waals surface area contributed by atoms with Crippen LogP contribution in [0.25, 0.3) is 0 Å². The monoisotopic (exact) mass is 296 g/mol. The van der Waals surface area contributed by atoms with Gasteiger partial charge in [0.05, 0.1) is 11.4 Å². The number of nitrogens with one attached hydrogen (secondary N) is 1. The molecule has 0 aliphatic carbocycles. The Bertz CT molecular complexity index is 690. The highest BCUT2D eigenvalue weighted by molar-refractivity contribution is 7.94. The van der Waals surface area contributed by atoms with E-state index in [9.17, 15) is 8.42 Å². The van der Waals surface area contributed by atoms with Gasteiger partial charge in [-0.2, -0.15) is 0 Å². The van der Waals surface area contributed by atoms with Crippen LogP contribution in [0.3, 0.4) is 0 Å². The first kappa shape index (κ1) is 13.9. The van der Waals surface area contributed by atoms with Crippen molar-refractivity contribution in [3.05, 3.63) is 40.8 Å². The van der Waals surface area contributed by atoms with E-state index in [0.29, 0.717) is 15.6 Å². The third-order valence-corrected chi connectivity index (χ3v) is 5.79.